The summed E-state index contributed by atoms with van der Waals surface area (Å²) in [6.07, 6.45) is -4.43. The van der Waals surface area contributed by atoms with Crippen molar-refractivity contribution in [2.24, 2.45) is 0 Å². The topological polar surface area (TPSA) is 90.2 Å². The predicted octanol–water partition coefficient (Wildman–Crippen LogP) is -1.46. The first-order valence-electron chi connectivity index (χ1n) is 4.54. The third kappa shape index (κ3) is 2.39. The number of ether oxygens (including phenoxy) is 1. The van der Waals surface area contributed by atoms with E-state index in [9.17, 15) is 15.3 Å². The first kappa shape index (κ1) is 12.2. The van der Waals surface area contributed by atoms with Crippen molar-refractivity contribution in [1.82, 2.24) is 0 Å². The summed E-state index contributed by atoms with van der Waals surface area (Å²) >= 11 is 1.33. The van der Waals surface area contributed by atoms with Crippen LogP contribution < -0.4 is 0 Å². The summed E-state index contributed by atoms with van der Waals surface area (Å²) in [6, 6.07) is 0. The van der Waals surface area contributed by atoms with Crippen LogP contribution >= 0.6 is 11.8 Å². The van der Waals surface area contributed by atoms with E-state index in [4.69, 9.17) is 9.84 Å². The third-order valence-corrected chi connectivity index (χ3v) is 3.23. The molecule has 0 amide bonds. The van der Waals surface area contributed by atoms with Gasteiger partial charge in [0.15, 0.2) is 0 Å². The van der Waals surface area contributed by atoms with E-state index in [0.717, 1.165) is 5.75 Å². The molecule has 1 aliphatic rings. The zero-order chi connectivity index (χ0) is 10.7. The molecule has 0 aromatic rings. The van der Waals surface area contributed by atoms with Crippen LogP contribution in [0.1, 0.15) is 6.92 Å². The fourth-order valence-corrected chi connectivity index (χ4v) is 2.28. The SMILES string of the molecule is CCS[C@H]1O[C@H](CO)[C@H](O)C(O)[C@H]1O. The van der Waals surface area contributed by atoms with Crippen molar-refractivity contribution in [2.45, 2.75) is 36.8 Å². The second-order valence-electron chi connectivity index (χ2n) is 3.15. The van der Waals surface area contributed by atoms with Crippen molar-refractivity contribution in [3.8, 4) is 0 Å². The number of aliphatic hydroxyl groups is 4. The first-order chi connectivity index (χ1) is 6.61. The number of rotatable bonds is 3. The summed E-state index contributed by atoms with van der Waals surface area (Å²) in [5, 5.41) is 37.2. The second kappa shape index (κ2) is 5.29. The molecule has 14 heavy (non-hydrogen) atoms. The molecule has 0 aliphatic carbocycles. The van der Waals surface area contributed by atoms with Crippen LogP contribution in [-0.2, 0) is 4.74 Å². The molecule has 5 nitrogen and oxygen atoms in total. The van der Waals surface area contributed by atoms with Gasteiger partial charge >= 0.3 is 0 Å². The fourth-order valence-electron chi connectivity index (χ4n) is 1.37. The number of thioether (sulfide) groups is 1. The predicted molar refractivity (Wildman–Crippen MR) is 51.9 cm³/mol. The Hall–Kier alpha value is 0.150. The quantitative estimate of drug-likeness (QED) is 0.468. The van der Waals surface area contributed by atoms with Crippen LogP contribution in [0.4, 0.5) is 0 Å². The molecule has 84 valence electrons. The minimum Gasteiger partial charge on any atom is -0.394 e. The average Bonchev–Trinajstić information content (AvgIpc) is 2.19. The minimum absolute atomic E-state index is 0.369. The van der Waals surface area contributed by atoms with Crippen LogP contribution in [0.15, 0.2) is 0 Å². The molecule has 4 N–H and O–H groups in total. The molecule has 0 saturated carbocycles. The van der Waals surface area contributed by atoms with E-state index < -0.39 is 29.9 Å². The van der Waals surface area contributed by atoms with Crippen molar-refractivity contribution in [2.75, 3.05) is 12.4 Å². The molecule has 1 rings (SSSR count). The lowest BCUT2D eigenvalue weighted by Gasteiger charge is -2.39. The zero-order valence-corrected chi connectivity index (χ0v) is 8.72. The standard InChI is InChI=1S/C8H16O5S/c1-2-14-8-7(12)6(11)5(10)4(3-9)13-8/h4-12H,2-3H2,1H3/t4-,5+,6?,7-,8-/m1/s1. The molecule has 1 fully saturated rings. The third-order valence-electron chi connectivity index (χ3n) is 2.18. The Labute approximate surface area is 86.7 Å². The summed E-state index contributed by atoms with van der Waals surface area (Å²) < 4.78 is 5.22. The molecule has 6 heteroatoms. The summed E-state index contributed by atoms with van der Waals surface area (Å²) in [5.41, 5.74) is -0.587. The molecule has 1 unspecified atom stereocenters. The van der Waals surface area contributed by atoms with Crippen LogP contribution in [0.2, 0.25) is 0 Å². The van der Waals surface area contributed by atoms with Crippen molar-refractivity contribution < 1.29 is 25.2 Å². The molecule has 0 bridgehead atoms. The maximum absolute atomic E-state index is 9.51. The summed E-state index contributed by atoms with van der Waals surface area (Å²) in [4.78, 5) is 0. The van der Waals surface area contributed by atoms with Gasteiger partial charge in [-0.05, 0) is 5.75 Å². The van der Waals surface area contributed by atoms with E-state index in [2.05, 4.69) is 0 Å². The van der Waals surface area contributed by atoms with Crippen LogP contribution in [0.25, 0.3) is 0 Å². The van der Waals surface area contributed by atoms with Gasteiger partial charge in [0.05, 0.1) is 6.61 Å². The van der Waals surface area contributed by atoms with Gasteiger partial charge in [-0.15, -0.1) is 11.8 Å². The highest BCUT2D eigenvalue weighted by molar-refractivity contribution is 7.99. The van der Waals surface area contributed by atoms with Crippen LogP contribution in [0, 0.1) is 0 Å². The molecule has 1 aliphatic heterocycles. The van der Waals surface area contributed by atoms with Crippen molar-refractivity contribution in [3.63, 3.8) is 0 Å². The largest absolute Gasteiger partial charge is 0.394 e. The second-order valence-corrected chi connectivity index (χ2v) is 4.53. The number of hydrogen-bond donors (Lipinski definition) is 4. The van der Waals surface area contributed by atoms with Crippen molar-refractivity contribution in [1.29, 1.82) is 0 Å². The van der Waals surface area contributed by atoms with E-state index in [0.29, 0.717) is 0 Å². The lowest BCUT2D eigenvalue weighted by atomic mass is 10.0. The lowest BCUT2D eigenvalue weighted by Crippen LogP contribution is -2.57. The maximum atomic E-state index is 9.51. The highest BCUT2D eigenvalue weighted by Gasteiger charge is 2.43. The summed E-state index contributed by atoms with van der Waals surface area (Å²) in [5.74, 6) is 0.725. The van der Waals surface area contributed by atoms with E-state index in [-0.39, 0.29) is 6.61 Å². The molecule has 0 spiro atoms. The molecule has 0 aromatic carbocycles. The minimum atomic E-state index is -1.26. The van der Waals surface area contributed by atoms with Gasteiger partial charge in [-0.2, -0.15) is 0 Å². The molecular formula is C8H16O5S. The van der Waals surface area contributed by atoms with E-state index >= 15 is 0 Å². The highest BCUT2D eigenvalue weighted by Crippen LogP contribution is 2.27. The fraction of sp³-hybridized carbons (Fsp3) is 1.00. The van der Waals surface area contributed by atoms with Gasteiger partial charge in [-0.1, -0.05) is 6.92 Å². The molecule has 5 atom stereocenters. The van der Waals surface area contributed by atoms with Gasteiger partial charge in [0.2, 0.25) is 0 Å². The number of hydrogen-bond acceptors (Lipinski definition) is 6. The molecular weight excluding hydrogens is 208 g/mol. The molecule has 0 aromatic heterocycles. The van der Waals surface area contributed by atoms with Crippen LogP contribution in [0.3, 0.4) is 0 Å². The van der Waals surface area contributed by atoms with Crippen molar-refractivity contribution in [3.05, 3.63) is 0 Å². The van der Waals surface area contributed by atoms with Gasteiger partial charge in [0.1, 0.15) is 29.9 Å². The maximum Gasteiger partial charge on any atom is 0.132 e. The number of aliphatic hydroxyl groups excluding tert-OH is 4. The summed E-state index contributed by atoms with van der Waals surface area (Å²) in [7, 11) is 0. The Bertz CT molecular complexity index is 175. The van der Waals surface area contributed by atoms with Gasteiger partial charge in [0.25, 0.3) is 0 Å². The molecule has 1 heterocycles. The Morgan fingerprint density at radius 3 is 2.29 bits per heavy atom. The lowest BCUT2D eigenvalue weighted by molar-refractivity contribution is -0.205. The monoisotopic (exact) mass is 224 g/mol. The molecule has 1 saturated heterocycles. The summed E-state index contributed by atoms with van der Waals surface area (Å²) in [6.45, 7) is 1.53. The Kier molecular flexibility index (Phi) is 4.62. The Morgan fingerprint density at radius 2 is 1.79 bits per heavy atom. The van der Waals surface area contributed by atoms with Gasteiger partial charge in [-0.25, -0.2) is 0 Å². The van der Waals surface area contributed by atoms with Crippen LogP contribution in [-0.4, -0.2) is 62.6 Å². The Balaban J connectivity index is 2.63. The van der Waals surface area contributed by atoms with E-state index in [1.807, 2.05) is 6.92 Å². The van der Waals surface area contributed by atoms with Crippen molar-refractivity contribution >= 4 is 11.8 Å². The Morgan fingerprint density at radius 1 is 1.14 bits per heavy atom. The average molecular weight is 224 g/mol. The highest BCUT2D eigenvalue weighted by atomic mass is 32.2. The zero-order valence-electron chi connectivity index (χ0n) is 7.91. The van der Waals surface area contributed by atoms with Crippen LogP contribution in [0.5, 0.6) is 0 Å². The van der Waals surface area contributed by atoms with E-state index in [1.54, 1.807) is 0 Å². The van der Waals surface area contributed by atoms with E-state index in [1.165, 1.54) is 11.8 Å². The van der Waals surface area contributed by atoms with Gasteiger partial charge < -0.3 is 25.2 Å². The first-order valence-corrected chi connectivity index (χ1v) is 5.58. The van der Waals surface area contributed by atoms with Gasteiger partial charge in [-0.3, -0.25) is 0 Å². The van der Waals surface area contributed by atoms with Gasteiger partial charge in [0, 0.05) is 0 Å². The normalized spacial score (nSPS) is 43.9. The smallest absolute Gasteiger partial charge is 0.132 e. The molecule has 0 radical (unpaired) electrons.